The molecule has 2 aromatic carbocycles. The van der Waals surface area contributed by atoms with Gasteiger partial charge in [-0.1, -0.05) is 17.7 Å². The number of pyridine rings is 1. The highest BCUT2D eigenvalue weighted by Gasteiger charge is 2.16. The summed E-state index contributed by atoms with van der Waals surface area (Å²) in [5.74, 6) is 0.747. The minimum Gasteiger partial charge on any atom is -0.504 e. The number of nitrogens with zero attached hydrogens (tertiary/aromatic N) is 3. The first-order valence-electron chi connectivity index (χ1n) is 10.5. The average Bonchev–Trinajstić information content (AvgIpc) is 3.48. The van der Waals surface area contributed by atoms with Gasteiger partial charge < -0.3 is 19.4 Å². The number of carboxylic acids is 1. The van der Waals surface area contributed by atoms with E-state index in [1.54, 1.807) is 42.6 Å². The SMILES string of the molecule is COc1cc(-c2nc3ccccn3c2/N=C/c2ccc(-c3ccc(Cl)c(C(=O)O)c3)o2)ccc1O. The fourth-order valence-corrected chi connectivity index (χ4v) is 3.87. The van der Waals surface area contributed by atoms with Crippen molar-refractivity contribution in [3.05, 3.63) is 89.3 Å². The number of aliphatic imine (C=N–C) groups is 1. The van der Waals surface area contributed by atoms with Gasteiger partial charge in [0.2, 0.25) is 0 Å². The fourth-order valence-electron chi connectivity index (χ4n) is 3.67. The van der Waals surface area contributed by atoms with Crippen molar-refractivity contribution in [2.75, 3.05) is 7.11 Å². The van der Waals surface area contributed by atoms with Crippen molar-refractivity contribution < 1.29 is 24.2 Å². The molecule has 0 spiro atoms. The monoisotopic (exact) mass is 487 g/mol. The lowest BCUT2D eigenvalue weighted by molar-refractivity contribution is 0.0697. The molecule has 35 heavy (non-hydrogen) atoms. The lowest BCUT2D eigenvalue weighted by Gasteiger charge is -2.05. The standard InChI is InChI=1S/C26H18ClN3O5/c1-34-22-13-16(6-9-20(22)31)24-25(30-11-3-2-4-23(30)29-24)28-14-17-7-10-21(35-17)15-5-8-19(27)18(12-15)26(32)33/h2-14,31H,1H3,(H,32,33)/b28-14+. The smallest absolute Gasteiger partial charge is 0.337 e. The van der Waals surface area contributed by atoms with Crippen LogP contribution in [0.25, 0.3) is 28.2 Å². The third-order valence-corrected chi connectivity index (χ3v) is 5.71. The molecule has 0 saturated carbocycles. The van der Waals surface area contributed by atoms with Crippen LogP contribution >= 0.6 is 11.6 Å². The highest BCUT2D eigenvalue weighted by molar-refractivity contribution is 6.33. The van der Waals surface area contributed by atoms with Crippen molar-refractivity contribution >= 4 is 35.2 Å². The van der Waals surface area contributed by atoms with E-state index in [4.69, 9.17) is 25.7 Å². The molecule has 0 aliphatic heterocycles. The lowest BCUT2D eigenvalue weighted by Crippen LogP contribution is -1.97. The van der Waals surface area contributed by atoms with Crippen LogP contribution in [0, 0.1) is 0 Å². The molecule has 0 radical (unpaired) electrons. The van der Waals surface area contributed by atoms with Crippen LogP contribution < -0.4 is 4.74 Å². The summed E-state index contributed by atoms with van der Waals surface area (Å²) in [6.45, 7) is 0. The predicted molar refractivity (Wildman–Crippen MR) is 132 cm³/mol. The van der Waals surface area contributed by atoms with Gasteiger partial charge in [-0.05, 0) is 60.7 Å². The van der Waals surface area contributed by atoms with Crippen LogP contribution in [0.15, 0.2) is 82.3 Å². The highest BCUT2D eigenvalue weighted by atomic mass is 35.5. The maximum atomic E-state index is 11.4. The number of halogens is 1. The summed E-state index contributed by atoms with van der Waals surface area (Å²) in [5.41, 5.74) is 2.59. The van der Waals surface area contributed by atoms with Crippen molar-refractivity contribution in [3.8, 4) is 34.1 Å². The topological polar surface area (TPSA) is 110 Å². The molecule has 0 aliphatic carbocycles. The summed E-state index contributed by atoms with van der Waals surface area (Å²) >= 11 is 5.97. The Labute approximate surface area is 204 Å². The molecule has 0 fully saturated rings. The lowest BCUT2D eigenvalue weighted by atomic mass is 10.1. The van der Waals surface area contributed by atoms with Gasteiger partial charge in [-0.25, -0.2) is 14.8 Å². The highest BCUT2D eigenvalue weighted by Crippen LogP contribution is 2.36. The van der Waals surface area contributed by atoms with Crippen LogP contribution in [-0.2, 0) is 0 Å². The fraction of sp³-hybridized carbons (Fsp3) is 0.0385. The number of hydrogen-bond donors (Lipinski definition) is 2. The molecule has 0 aliphatic rings. The largest absolute Gasteiger partial charge is 0.504 e. The Hall–Kier alpha value is -4.56. The molecule has 3 aromatic heterocycles. The Morgan fingerprint density at radius 2 is 1.94 bits per heavy atom. The number of aromatic nitrogens is 2. The second kappa shape index (κ2) is 9.00. The van der Waals surface area contributed by atoms with Gasteiger partial charge in [0.15, 0.2) is 17.3 Å². The molecule has 0 unspecified atom stereocenters. The van der Waals surface area contributed by atoms with Gasteiger partial charge in [0.1, 0.15) is 22.9 Å². The van der Waals surface area contributed by atoms with Crippen LogP contribution in [0.1, 0.15) is 16.1 Å². The zero-order valence-electron chi connectivity index (χ0n) is 18.3. The summed E-state index contributed by atoms with van der Waals surface area (Å²) in [4.78, 5) is 20.7. The Balaban J connectivity index is 1.53. The number of aromatic carboxylic acids is 1. The third-order valence-electron chi connectivity index (χ3n) is 5.38. The van der Waals surface area contributed by atoms with Crippen molar-refractivity contribution in [2.24, 2.45) is 4.99 Å². The molecule has 174 valence electrons. The minimum atomic E-state index is -1.11. The van der Waals surface area contributed by atoms with Crippen LogP contribution in [0.2, 0.25) is 5.02 Å². The van der Waals surface area contributed by atoms with E-state index in [-0.39, 0.29) is 16.3 Å². The molecular weight excluding hydrogens is 470 g/mol. The van der Waals surface area contributed by atoms with Gasteiger partial charge in [-0.15, -0.1) is 0 Å². The van der Waals surface area contributed by atoms with E-state index < -0.39 is 5.97 Å². The first kappa shape index (κ1) is 22.2. The van der Waals surface area contributed by atoms with Crippen molar-refractivity contribution in [2.45, 2.75) is 0 Å². The number of furan rings is 1. The normalized spacial score (nSPS) is 11.4. The molecule has 0 amide bonds. The van der Waals surface area contributed by atoms with E-state index in [1.165, 1.54) is 19.2 Å². The van der Waals surface area contributed by atoms with Crippen molar-refractivity contribution in [1.29, 1.82) is 0 Å². The number of rotatable bonds is 6. The second-order valence-corrected chi connectivity index (χ2v) is 7.97. The molecule has 0 bridgehead atoms. The van der Waals surface area contributed by atoms with E-state index in [2.05, 4.69) is 4.99 Å². The maximum absolute atomic E-state index is 11.4. The Bertz CT molecular complexity index is 1600. The van der Waals surface area contributed by atoms with Gasteiger partial charge in [-0.3, -0.25) is 4.40 Å². The maximum Gasteiger partial charge on any atom is 0.337 e. The number of phenols is 1. The number of hydrogen-bond acceptors (Lipinski definition) is 6. The Morgan fingerprint density at radius 3 is 2.74 bits per heavy atom. The molecule has 8 nitrogen and oxygen atoms in total. The van der Waals surface area contributed by atoms with E-state index in [0.717, 1.165) is 5.56 Å². The first-order chi connectivity index (χ1) is 16.9. The van der Waals surface area contributed by atoms with E-state index in [1.807, 2.05) is 28.8 Å². The minimum absolute atomic E-state index is 0.00418. The van der Waals surface area contributed by atoms with Crippen molar-refractivity contribution in [1.82, 2.24) is 9.38 Å². The van der Waals surface area contributed by atoms with Crippen molar-refractivity contribution in [3.63, 3.8) is 0 Å². The number of fused-ring (bicyclic) bond motifs is 1. The number of carboxylic acid groups (broad SMARTS) is 1. The van der Waals surface area contributed by atoms with Gasteiger partial charge >= 0.3 is 5.97 Å². The van der Waals surface area contributed by atoms with E-state index in [9.17, 15) is 15.0 Å². The second-order valence-electron chi connectivity index (χ2n) is 7.56. The van der Waals surface area contributed by atoms with Gasteiger partial charge in [0.25, 0.3) is 0 Å². The zero-order valence-corrected chi connectivity index (χ0v) is 19.1. The number of ether oxygens (including phenoxy) is 1. The number of carbonyl (C=O) groups is 1. The van der Waals surface area contributed by atoms with E-state index >= 15 is 0 Å². The molecule has 2 N–H and O–H groups in total. The molecule has 0 atom stereocenters. The molecule has 0 saturated heterocycles. The van der Waals surface area contributed by atoms with Gasteiger partial charge in [0.05, 0.1) is 23.9 Å². The summed E-state index contributed by atoms with van der Waals surface area (Å²) in [7, 11) is 1.48. The molecular formula is C26H18ClN3O5. The zero-order chi connectivity index (χ0) is 24.5. The van der Waals surface area contributed by atoms with Gasteiger partial charge in [0, 0.05) is 17.3 Å². The molecule has 3 heterocycles. The molecule has 5 rings (SSSR count). The number of phenolic OH excluding ortho intramolecular Hbond substituents is 1. The third kappa shape index (κ3) is 4.22. The average molecular weight is 488 g/mol. The van der Waals surface area contributed by atoms with Gasteiger partial charge in [-0.2, -0.15) is 0 Å². The molecule has 5 aromatic rings. The summed E-state index contributed by atoms with van der Waals surface area (Å²) in [5, 5.41) is 19.4. The first-order valence-corrected chi connectivity index (χ1v) is 10.8. The number of imidazole rings is 1. The summed E-state index contributed by atoms with van der Waals surface area (Å²) in [6, 6.07) is 18.7. The number of benzene rings is 2. The van der Waals surface area contributed by atoms with Crippen LogP contribution in [-0.4, -0.2) is 38.9 Å². The van der Waals surface area contributed by atoms with E-state index in [0.29, 0.717) is 40.0 Å². The van der Waals surface area contributed by atoms with Crippen LogP contribution in [0.4, 0.5) is 5.82 Å². The number of methoxy groups -OCH3 is 1. The van der Waals surface area contributed by atoms with Crippen LogP contribution in [0.3, 0.4) is 0 Å². The molecule has 9 heteroatoms. The summed E-state index contributed by atoms with van der Waals surface area (Å²) < 4.78 is 13.0. The number of aromatic hydroxyl groups is 1. The quantitative estimate of drug-likeness (QED) is 0.281. The summed E-state index contributed by atoms with van der Waals surface area (Å²) in [6.07, 6.45) is 3.42. The Kier molecular flexibility index (Phi) is 5.72. The van der Waals surface area contributed by atoms with Crippen LogP contribution in [0.5, 0.6) is 11.5 Å². The predicted octanol–water partition coefficient (Wildman–Crippen LogP) is 6.08. The Morgan fingerprint density at radius 1 is 1.11 bits per heavy atom.